The van der Waals surface area contributed by atoms with Crippen LogP contribution in [-0.2, 0) is 4.79 Å². The number of hydrogen-bond donors (Lipinski definition) is 2. The highest BCUT2D eigenvalue weighted by molar-refractivity contribution is 6.37. The van der Waals surface area contributed by atoms with Gasteiger partial charge in [0.25, 0.3) is 0 Å². The average molecular weight is 383 g/mol. The molecule has 3 aromatic rings. The van der Waals surface area contributed by atoms with E-state index in [0.717, 1.165) is 11.4 Å². The first-order chi connectivity index (χ1) is 12.6. The normalized spacial score (nSPS) is 10.7. The Morgan fingerprint density at radius 3 is 1.96 bits per heavy atom. The van der Waals surface area contributed by atoms with Crippen LogP contribution in [-0.4, -0.2) is 5.91 Å². The lowest BCUT2D eigenvalue weighted by Crippen LogP contribution is -2.07. The number of anilines is 3. The standard InChI is InChI=1S/C21H16Cl2N2O/c22-19-7-4-8-20(23)18(19)13-14-21(26)25-17-11-9-16(10-12-17)24-15-5-2-1-3-6-15/h1-14,24H,(H,25,26)/b14-13+. The molecule has 0 aromatic heterocycles. The summed E-state index contributed by atoms with van der Waals surface area (Å²) in [4.78, 5) is 12.1. The molecule has 0 bridgehead atoms. The molecule has 0 fully saturated rings. The molecule has 0 saturated heterocycles. The highest BCUT2D eigenvalue weighted by Crippen LogP contribution is 2.25. The van der Waals surface area contributed by atoms with Gasteiger partial charge in [0, 0.05) is 38.7 Å². The summed E-state index contributed by atoms with van der Waals surface area (Å²) >= 11 is 12.2. The predicted molar refractivity (Wildman–Crippen MR) is 110 cm³/mol. The fraction of sp³-hybridized carbons (Fsp3) is 0. The van der Waals surface area contributed by atoms with Crippen molar-refractivity contribution in [3.8, 4) is 0 Å². The summed E-state index contributed by atoms with van der Waals surface area (Å²) in [6, 6.07) is 22.5. The van der Waals surface area contributed by atoms with Gasteiger partial charge in [-0.25, -0.2) is 0 Å². The molecular formula is C21H16Cl2N2O. The first-order valence-electron chi connectivity index (χ1n) is 7.97. The van der Waals surface area contributed by atoms with Crippen LogP contribution in [0.15, 0.2) is 78.9 Å². The summed E-state index contributed by atoms with van der Waals surface area (Å²) < 4.78 is 0. The van der Waals surface area contributed by atoms with E-state index >= 15 is 0 Å². The lowest BCUT2D eigenvalue weighted by molar-refractivity contribution is -0.111. The maximum Gasteiger partial charge on any atom is 0.248 e. The molecule has 0 unspecified atom stereocenters. The van der Waals surface area contributed by atoms with Crippen molar-refractivity contribution in [2.45, 2.75) is 0 Å². The Morgan fingerprint density at radius 1 is 0.731 bits per heavy atom. The lowest BCUT2D eigenvalue weighted by Gasteiger charge is -2.08. The summed E-state index contributed by atoms with van der Waals surface area (Å²) in [5.74, 6) is -0.259. The van der Waals surface area contributed by atoms with Crippen molar-refractivity contribution in [3.63, 3.8) is 0 Å². The Labute approximate surface area is 162 Å². The summed E-state index contributed by atoms with van der Waals surface area (Å²) in [5.41, 5.74) is 3.26. The largest absolute Gasteiger partial charge is 0.356 e. The van der Waals surface area contributed by atoms with E-state index in [1.165, 1.54) is 6.08 Å². The highest BCUT2D eigenvalue weighted by Gasteiger charge is 2.03. The van der Waals surface area contributed by atoms with Gasteiger partial charge in [-0.05, 0) is 54.6 Å². The SMILES string of the molecule is O=C(/C=C/c1c(Cl)cccc1Cl)Nc1ccc(Nc2ccccc2)cc1. The molecule has 0 radical (unpaired) electrons. The van der Waals surface area contributed by atoms with Gasteiger partial charge >= 0.3 is 0 Å². The molecule has 5 heteroatoms. The van der Waals surface area contributed by atoms with Crippen LogP contribution in [0.25, 0.3) is 6.08 Å². The van der Waals surface area contributed by atoms with Crippen molar-refractivity contribution in [1.29, 1.82) is 0 Å². The van der Waals surface area contributed by atoms with Crippen LogP contribution in [0.2, 0.25) is 10.0 Å². The third-order valence-corrected chi connectivity index (χ3v) is 4.28. The Hall–Kier alpha value is -2.75. The number of para-hydroxylation sites is 1. The van der Waals surface area contributed by atoms with Gasteiger partial charge in [0.15, 0.2) is 0 Å². The maximum absolute atomic E-state index is 12.1. The number of amides is 1. The molecule has 3 aromatic carbocycles. The van der Waals surface area contributed by atoms with E-state index in [9.17, 15) is 4.79 Å². The van der Waals surface area contributed by atoms with Gasteiger partial charge in [0.2, 0.25) is 5.91 Å². The van der Waals surface area contributed by atoms with Gasteiger partial charge in [-0.3, -0.25) is 4.79 Å². The fourth-order valence-electron chi connectivity index (χ4n) is 2.34. The highest BCUT2D eigenvalue weighted by atomic mass is 35.5. The van der Waals surface area contributed by atoms with Crippen LogP contribution in [0.5, 0.6) is 0 Å². The van der Waals surface area contributed by atoms with E-state index in [-0.39, 0.29) is 5.91 Å². The molecule has 0 aliphatic carbocycles. The minimum Gasteiger partial charge on any atom is -0.356 e. The molecule has 0 atom stereocenters. The smallest absolute Gasteiger partial charge is 0.248 e. The number of rotatable bonds is 5. The zero-order chi connectivity index (χ0) is 18.4. The van der Waals surface area contributed by atoms with Crippen molar-refractivity contribution in [3.05, 3.63) is 94.5 Å². The molecule has 0 aliphatic heterocycles. The monoisotopic (exact) mass is 382 g/mol. The minimum absolute atomic E-state index is 0.259. The molecule has 0 heterocycles. The van der Waals surface area contributed by atoms with E-state index < -0.39 is 0 Å². The molecule has 26 heavy (non-hydrogen) atoms. The lowest BCUT2D eigenvalue weighted by atomic mass is 10.2. The average Bonchev–Trinajstić information content (AvgIpc) is 2.64. The topological polar surface area (TPSA) is 41.1 Å². The Bertz CT molecular complexity index is 902. The quantitative estimate of drug-likeness (QED) is 0.502. The maximum atomic E-state index is 12.1. The number of benzene rings is 3. The van der Waals surface area contributed by atoms with Gasteiger partial charge in [-0.2, -0.15) is 0 Å². The Morgan fingerprint density at radius 2 is 1.31 bits per heavy atom. The third kappa shape index (κ3) is 4.88. The van der Waals surface area contributed by atoms with Gasteiger partial charge in [-0.15, -0.1) is 0 Å². The van der Waals surface area contributed by atoms with Gasteiger partial charge < -0.3 is 10.6 Å². The fourth-order valence-corrected chi connectivity index (χ4v) is 2.86. The number of halogens is 2. The van der Waals surface area contributed by atoms with Crippen molar-refractivity contribution >= 4 is 52.2 Å². The van der Waals surface area contributed by atoms with Crippen molar-refractivity contribution in [1.82, 2.24) is 0 Å². The second kappa shape index (κ2) is 8.56. The van der Waals surface area contributed by atoms with E-state index in [4.69, 9.17) is 23.2 Å². The van der Waals surface area contributed by atoms with Crippen LogP contribution >= 0.6 is 23.2 Å². The zero-order valence-electron chi connectivity index (χ0n) is 13.7. The molecule has 0 saturated carbocycles. The minimum atomic E-state index is -0.259. The molecule has 130 valence electrons. The summed E-state index contributed by atoms with van der Waals surface area (Å²) in [6.45, 7) is 0. The summed E-state index contributed by atoms with van der Waals surface area (Å²) in [6.07, 6.45) is 3.01. The van der Waals surface area contributed by atoms with Crippen LogP contribution in [0.1, 0.15) is 5.56 Å². The Kier molecular flexibility index (Phi) is 5.95. The number of nitrogens with one attached hydrogen (secondary N) is 2. The number of hydrogen-bond acceptors (Lipinski definition) is 2. The van der Waals surface area contributed by atoms with Crippen molar-refractivity contribution in [2.24, 2.45) is 0 Å². The van der Waals surface area contributed by atoms with Crippen LogP contribution in [0.4, 0.5) is 17.1 Å². The summed E-state index contributed by atoms with van der Waals surface area (Å²) in [5, 5.41) is 7.09. The van der Waals surface area contributed by atoms with E-state index in [2.05, 4.69) is 10.6 Å². The molecule has 3 rings (SSSR count). The van der Waals surface area contributed by atoms with Crippen LogP contribution in [0.3, 0.4) is 0 Å². The first-order valence-corrected chi connectivity index (χ1v) is 8.72. The van der Waals surface area contributed by atoms with Crippen LogP contribution < -0.4 is 10.6 Å². The molecular weight excluding hydrogens is 367 g/mol. The van der Waals surface area contributed by atoms with E-state index in [0.29, 0.717) is 21.3 Å². The molecule has 3 nitrogen and oxygen atoms in total. The predicted octanol–water partition coefficient (Wildman–Crippen LogP) is 6.39. The summed E-state index contributed by atoms with van der Waals surface area (Å²) in [7, 11) is 0. The first kappa shape index (κ1) is 18.1. The second-order valence-electron chi connectivity index (χ2n) is 5.53. The third-order valence-electron chi connectivity index (χ3n) is 3.62. The second-order valence-corrected chi connectivity index (χ2v) is 6.34. The molecule has 0 spiro atoms. The van der Waals surface area contributed by atoms with E-state index in [1.54, 1.807) is 24.3 Å². The van der Waals surface area contributed by atoms with Gasteiger partial charge in [0.05, 0.1) is 0 Å². The van der Waals surface area contributed by atoms with Gasteiger partial charge in [0.1, 0.15) is 0 Å². The van der Waals surface area contributed by atoms with Crippen LogP contribution in [0, 0.1) is 0 Å². The van der Waals surface area contributed by atoms with Crippen molar-refractivity contribution in [2.75, 3.05) is 10.6 Å². The molecule has 0 aliphatic rings. The number of carbonyl (C=O) groups is 1. The molecule has 1 amide bonds. The zero-order valence-corrected chi connectivity index (χ0v) is 15.3. The van der Waals surface area contributed by atoms with E-state index in [1.807, 2.05) is 54.6 Å². The Balaban J connectivity index is 1.62. The van der Waals surface area contributed by atoms with Crippen molar-refractivity contribution < 1.29 is 4.79 Å². The van der Waals surface area contributed by atoms with Gasteiger partial charge in [-0.1, -0.05) is 47.5 Å². The number of carbonyl (C=O) groups excluding carboxylic acids is 1. The molecule has 2 N–H and O–H groups in total.